The van der Waals surface area contributed by atoms with Crippen molar-refractivity contribution in [2.24, 2.45) is 0 Å². The van der Waals surface area contributed by atoms with Gasteiger partial charge in [-0.3, -0.25) is 0 Å². The number of halogens is 1. The molecule has 0 saturated carbocycles. The minimum absolute atomic E-state index is 0.611. The molecule has 0 unspecified atom stereocenters. The molecule has 1 aromatic carbocycles. The van der Waals surface area contributed by atoms with Gasteiger partial charge in [0.2, 0.25) is 0 Å². The minimum Gasteiger partial charge on any atom is -0.496 e. The van der Waals surface area contributed by atoms with Crippen molar-refractivity contribution in [1.29, 1.82) is 0 Å². The molecule has 0 aliphatic rings. The molecule has 0 heterocycles. The van der Waals surface area contributed by atoms with Gasteiger partial charge in [-0.1, -0.05) is 13.8 Å². The molecule has 13 heavy (non-hydrogen) atoms. The van der Waals surface area contributed by atoms with Crippen molar-refractivity contribution in [3.05, 3.63) is 22.7 Å². The van der Waals surface area contributed by atoms with E-state index in [4.69, 9.17) is 4.74 Å². The van der Waals surface area contributed by atoms with E-state index in [-0.39, 0.29) is 0 Å². The second kappa shape index (κ2) is 4.91. The summed E-state index contributed by atoms with van der Waals surface area (Å²) in [5.74, 6) is 0.883. The van der Waals surface area contributed by atoms with Gasteiger partial charge in [0.1, 0.15) is 5.75 Å². The first kappa shape index (κ1) is 10.9. The summed E-state index contributed by atoms with van der Waals surface area (Å²) in [5.41, 5.74) is 0. The topological polar surface area (TPSA) is 9.23 Å². The summed E-state index contributed by atoms with van der Waals surface area (Å²) < 4.78 is 6.16. The lowest BCUT2D eigenvalue weighted by Gasteiger charge is -2.07. The first-order valence-electron chi connectivity index (χ1n) is 4.13. The molecule has 1 aromatic rings. The zero-order chi connectivity index (χ0) is 9.84. The zero-order valence-electron chi connectivity index (χ0n) is 8.00. The molecule has 72 valence electrons. The van der Waals surface area contributed by atoms with E-state index in [0.717, 1.165) is 10.2 Å². The summed E-state index contributed by atoms with van der Waals surface area (Å²) in [7, 11) is 1.68. The van der Waals surface area contributed by atoms with Crippen LogP contribution in [-0.4, -0.2) is 12.4 Å². The second-order valence-corrected chi connectivity index (χ2v) is 5.47. The molecule has 0 N–H and O–H groups in total. The molecule has 0 aromatic heterocycles. The fourth-order valence-electron chi connectivity index (χ4n) is 0.993. The predicted molar refractivity (Wildman–Crippen MR) is 61.7 cm³/mol. The molecule has 1 rings (SSSR count). The number of methoxy groups -OCH3 is 1. The lowest BCUT2D eigenvalue weighted by Crippen LogP contribution is -1.88. The summed E-state index contributed by atoms with van der Waals surface area (Å²) in [6, 6.07) is 6.15. The van der Waals surface area contributed by atoms with Crippen LogP contribution >= 0.6 is 27.7 Å². The fourth-order valence-corrected chi connectivity index (χ4v) is 2.56. The average Bonchev–Trinajstić information content (AvgIpc) is 2.03. The number of thioether (sulfide) groups is 1. The maximum Gasteiger partial charge on any atom is 0.133 e. The Morgan fingerprint density at radius 3 is 2.54 bits per heavy atom. The normalized spacial score (nSPS) is 10.5. The zero-order valence-corrected chi connectivity index (χ0v) is 10.4. The number of hydrogen-bond donors (Lipinski definition) is 0. The van der Waals surface area contributed by atoms with E-state index in [1.807, 2.05) is 17.8 Å². The van der Waals surface area contributed by atoms with Crippen molar-refractivity contribution in [2.75, 3.05) is 7.11 Å². The Morgan fingerprint density at radius 1 is 1.38 bits per heavy atom. The average molecular weight is 261 g/mol. The van der Waals surface area contributed by atoms with Gasteiger partial charge in [-0.15, -0.1) is 11.8 Å². The van der Waals surface area contributed by atoms with Crippen LogP contribution in [0.4, 0.5) is 0 Å². The molecule has 0 aliphatic heterocycles. The van der Waals surface area contributed by atoms with Crippen LogP contribution < -0.4 is 4.74 Å². The SMILES string of the molecule is COc1ccc(SC(C)C)cc1Br. The van der Waals surface area contributed by atoms with Gasteiger partial charge in [-0.25, -0.2) is 0 Å². The highest BCUT2D eigenvalue weighted by atomic mass is 79.9. The molecule has 0 fully saturated rings. The van der Waals surface area contributed by atoms with Gasteiger partial charge in [0.05, 0.1) is 11.6 Å². The fraction of sp³-hybridized carbons (Fsp3) is 0.400. The van der Waals surface area contributed by atoms with Gasteiger partial charge in [-0.2, -0.15) is 0 Å². The number of ether oxygens (including phenoxy) is 1. The monoisotopic (exact) mass is 260 g/mol. The van der Waals surface area contributed by atoms with Crippen LogP contribution in [0.1, 0.15) is 13.8 Å². The molecule has 0 amide bonds. The van der Waals surface area contributed by atoms with E-state index in [1.54, 1.807) is 7.11 Å². The molecular formula is C10H13BrOS. The first-order valence-corrected chi connectivity index (χ1v) is 5.81. The highest BCUT2D eigenvalue weighted by Crippen LogP contribution is 2.31. The van der Waals surface area contributed by atoms with Gasteiger partial charge in [0.15, 0.2) is 0 Å². The molecular weight excluding hydrogens is 248 g/mol. The minimum atomic E-state index is 0.611. The Bertz CT molecular complexity index is 286. The highest BCUT2D eigenvalue weighted by molar-refractivity contribution is 9.10. The summed E-state index contributed by atoms with van der Waals surface area (Å²) in [5, 5.41) is 0.611. The standard InChI is InChI=1S/C10H13BrOS/c1-7(2)13-8-4-5-10(12-3)9(11)6-8/h4-7H,1-3H3. The third kappa shape index (κ3) is 3.24. The predicted octanol–water partition coefficient (Wildman–Crippen LogP) is 3.96. The maximum absolute atomic E-state index is 5.15. The molecule has 0 bridgehead atoms. The highest BCUT2D eigenvalue weighted by Gasteiger charge is 2.03. The Labute approximate surface area is 92.0 Å². The summed E-state index contributed by atoms with van der Waals surface area (Å²) in [4.78, 5) is 1.27. The maximum atomic E-state index is 5.15. The molecule has 3 heteroatoms. The lowest BCUT2D eigenvalue weighted by atomic mass is 10.3. The van der Waals surface area contributed by atoms with Crippen LogP contribution in [0.5, 0.6) is 5.75 Å². The Kier molecular flexibility index (Phi) is 4.13. The van der Waals surface area contributed by atoms with Gasteiger partial charge < -0.3 is 4.74 Å². The van der Waals surface area contributed by atoms with Crippen LogP contribution in [0, 0.1) is 0 Å². The molecule has 0 saturated heterocycles. The van der Waals surface area contributed by atoms with Crippen LogP contribution in [0.15, 0.2) is 27.6 Å². The van der Waals surface area contributed by atoms with E-state index < -0.39 is 0 Å². The molecule has 0 radical (unpaired) electrons. The van der Waals surface area contributed by atoms with Crippen molar-refractivity contribution in [3.63, 3.8) is 0 Å². The van der Waals surface area contributed by atoms with Crippen molar-refractivity contribution in [2.45, 2.75) is 24.0 Å². The summed E-state index contributed by atoms with van der Waals surface area (Å²) >= 11 is 5.31. The van der Waals surface area contributed by atoms with Gasteiger partial charge in [-0.05, 0) is 34.1 Å². The third-order valence-corrected chi connectivity index (χ3v) is 3.11. The van der Waals surface area contributed by atoms with E-state index in [0.29, 0.717) is 5.25 Å². The van der Waals surface area contributed by atoms with Crippen LogP contribution in [0.2, 0.25) is 0 Å². The van der Waals surface area contributed by atoms with Crippen molar-refractivity contribution in [1.82, 2.24) is 0 Å². The first-order chi connectivity index (χ1) is 6.13. The Morgan fingerprint density at radius 2 is 2.08 bits per heavy atom. The number of benzene rings is 1. The molecule has 0 spiro atoms. The number of hydrogen-bond acceptors (Lipinski definition) is 2. The van der Waals surface area contributed by atoms with Crippen molar-refractivity contribution >= 4 is 27.7 Å². The van der Waals surface area contributed by atoms with Gasteiger partial charge >= 0.3 is 0 Å². The lowest BCUT2D eigenvalue weighted by molar-refractivity contribution is 0.412. The third-order valence-electron chi connectivity index (χ3n) is 1.50. The molecule has 0 atom stereocenters. The van der Waals surface area contributed by atoms with Crippen LogP contribution in [0.3, 0.4) is 0 Å². The van der Waals surface area contributed by atoms with Crippen molar-refractivity contribution in [3.8, 4) is 5.75 Å². The quantitative estimate of drug-likeness (QED) is 0.762. The number of rotatable bonds is 3. The Balaban J connectivity index is 2.83. The Hall–Kier alpha value is -0.150. The van der Waals surface area contributed by atoms with E-state index >= 15 is 0 Å². The second-order valence-electron chi connectivity index (χ2n) is 2.96. The molecule has 0 aliphatic carbocycles. The molecule has 1 nitrogen and oxygen atoms in total. The van der Waals surface area contributed by atoms with Gasteiger partial charge in [0.25, 0.3) is 0 Å². The van der Waals surface area contributed by atoms with Crippen LogP contribution in [-0.2, 0) is 0 Å². The largest absolute Gasteiger partial charge is 0.496 e. The van der Waals surface area contributed by atoms with E-state index in [9.17, 15) is 0 Å². The van der Waals surface area contributed by atoms with E-state index in [1.165, 1.54) is 4.90 Å². The smallest absolute Gasteiger partial charge is 0.133 e. The van der Waals surface area contributed by atoms with Gasteiger partial charge in [0, 0.05) is 10.1 Å². The van der Waals surface area contributed by atoms with Crippen LogP contribution in [0.25, 0.3) is 0 Å². The van der Waals surface area contributed by atoms with E-state index in [2.05, 4.69) is 41.9 Å². The summed E-state index contributed by atoms with van der Waals surface area (Å²) in [6.07, 6.45) is 0. The van der Waals surface area contributed by atoms with Crippen molar-refractivity contribution < 1.29 is 4.74 Å². The summed E-state index contributed by atoms with van der Waals surface area (Å²) in [6.45, 7) is 4.37.